The highest BCUT2D eigenvalue weighted by Crippen LogP contribution is 2.28. The van der Waals surface area contributed by atoms with Crippen LogP contribution in [0.5, 0.6) is 0 Å². The number of rotatable bonds is 9. The van der Waals surface area contributed by atoms with Crippen LogP contribution < -0.4 is 0 Å². The average Bonchev–Trinajstić information content (AvgIpc) is 2.85. The predicted octanol–water partition coefficient (Wildman–Crippen LogP) is 1.95. The molecule has 3 unspecified atom stereocenters. The first kappa shape index (κ1) is 17.4. The summed E-state index contributed by atoms with van der Waals surface area (Å²) in [6.07, 6.45) is 2.80. The zero-order valence-electron chi connectivity index (χ0n) is 12.7. The van der Waals surface area contributed by atoms with E-state index in [9.17, 15) is 4.79 Å². The van der Waals surface area contributed by atoms with Crippen molar-refractivity contribution >= 4 is 15.0 Å². The summed E-state index contributed by atoms with van der Waals surface area (Å²) in [6.45, 7) is 11.1. The van der Waals surface area contributed by atoms with Crippen molar-refractivity contribution < 1.29 is 23.4 Å². The molecular formula is C14H26O5Si. The Balaban J connectivity index is 2.37. The third-order valence-corrected chi connectivity index (χ3v) is 6.33. The molecule has 1 heterocycles. The maximum Gasteiger partial charge on any atom is 0.330 e. The summed E-state index contributed by atoms with van der Waals surface area (Å²) in [5.41, 5.74) is 0.0787. The molecule has 0 aliphatic carbocycles. The highest BCUT2D eigenvalue weighted by atomic mass is 28.3. The van der Waals surface area contributed by atoms with Gasteiger partial charge in [-0.15, -0.1) is 0 Å². The number of ether oxygens (including phenoxy) is 3. The molecule has 1 aliphatic heterocycles. The van der Waals surface area contributed by atoms with Crippen LogP contribution in [-0.2, 0) is 23.4 Å². The van der Waals surface area contributed by atoms with Crippen molar-refractivity contribution in [2.45, 2.75) is 51.2 Å². The van der Waals surface area contributed by atoms with Gasteiger partial charge < -0.3 is 18.6 Å². The van der Waals surface area contributed by atoms with Gasteiger partial charge in [0.1, 0.15) is 0 Å². The normalized spacial score (nSPS) is 27.2. The fourth-order valence-corrected chi connectivity index (χ4v) is 4.62. The molecule has 6 heteroatoms. The van der Waals surface area contributed by atoms with Gasteiger partial charge in [-0.3, -0.25) is 0 Å². The van der Waals surface area contributed by atoms with E-state index in [4.69, 9.17) is 18.6 Å². The smallest absolute Gasteiger partial charge is 0.330 e. The van der Waals surface area contributed by atoms with Crippen molar-refractivity contribution in [3.63, 3.8) is 0 Å². The number of carbonyl (C=O) groups excluding carboxylic acids is 1. The summed E-state index contributed by atoms with van der Waals surface area (Å²) in [5, 5.41) is 0. The molecule has 0 saturated carbocycles. The van der Waals surface area contributed by atoms with E-state index in [2.05, 4.69) is 6.58 Å². The van der Waals surface area contributed by atoms with Crippen LogP contribution in [0.4, 0.5) is 0 Å². The molecule has 0 amide bonds. The zero-order valence-corrected chi connectivity index (χ0v) is 13.9. The van der Waals surface area contributed by atoms with Gasteiger partial charge in [0.2, 0.25) is 9.04 Å². The van der Waals surface area contributed by atoms with E-state index in [-0.39, 0.29) is 11.7 Å². The summed E-state index contributed by atoms with van der Waals surface area (Å²) >= 11 is 0. The van der Waals surface area contributed by atoms with Gasteiger partial charge in [0.05, 0.1) is 18.9 Å². The lowest BCUT2D eigenvalue weighted by atomic mass is 10.2. The van der Waals surface area contributed by atoms with Crippen LogP contribution in [0.1, 0.15) is 33.6 Å². The quantitative estimate of drug-likeness (QED) is 0.282. The van der Waals surface area contributed by atoms with Gasteiger partial charge in [-0.25, -0.2) is 4.79 Å². The number of hydrogen-bond donors (Lipinski definition) is 0. The SMILES string of the molecule is C=CC(=O)OCCC[SiH](OCC)C1COC(C)(CC)O1. The fourth-order valence-electron chi connectivity index (χ4n) is 2.12. The van der Waals surface area contributed by atoms with Crippen LogP contribution >= 0.6 is 0 Å². The molecule has 5 nitrogen and oxygen atoms in total. The molecule has 0 bridgehead atoms. The van der Waals surface area contributed by atoms with E-state index >= 15 is 0 Å². The summed E-state index contributed by atoms with van der Waals surface area (Å²) < 4.78 is 22.6. The first-order chi connectivity index (χ1) is 9.54. The molecule has 1 saturated heterocycles. The predicted molar refractivity (Wildman–Crippen MR) is 78.9 cm³/mol. The Morgan fingerprint density at radius 1 is 1.55 bits per heavy atom. The summed E-state index contributed by atoms with van der Waals surface area (Å²) in [5.74, 6) is -0.846. The number of esters is 1. The van der Waals surface area contributed by atoms with E-state index < -0.39 is 14.8 Å². The number of carbonyl (C=O) groups is 1. The summed E-state index contributed by atoms with van der Waals surface area (Å²) in [6, 6.07) is 0.909. The minimum atomic E-state index is -1.52. The standard InChI is InChI=1S/C14H26O5Si/c1-5-12(15)16-9-8-10-20(18-7-3)13-11-17-14(4,6-2)19-13/h5,13,20H,1,6-11H2,2-4H3. The third kappa shape index (κ3) is 5.36. The van der Waals surface area contributed by atoms with Gasteiger partial charge in [-0.1, -0.05) is 13.5 Å². The molecule has 0 aromatic heterocycles. The molecule has 3 atom stereocenters. The second-order valence-electron chi connectivity index (χ2n) is 4.96. The van der Waals surface area contributed by atoms with E-state index in [0.29, 0.717) is 19.8 Å². The van der Waals surface area contributed by atoms with Crippen LogP contribution in [0.3, 0.4) is 0 Å². The molecule has 0 aromatic rings. The van der Waals surface area contributed by atoms with E-state index in [1.807, 2.05) is 20.8 Å². The molecule has 1 rings (SSSR count). The van der Waals surface area contributed by atoms with Gasteiger partial charge in [0, 0.05) is 12.7 Å². The van der Waals surface area contributed by atoms with Gasteiger partial charge in [-0.05, 0) is 32.7 Å². The Labute approximate surface area is 123 Å². The van der Waals surface area contributed by atoms with Crippen LogP contribution in [0.15, 0.2) is 12.7 Å². The average molecular weight is 302 g/mol. The molecule has 116 valence electrons. The van der Waals surface area contributed by atoms with Crippen LogP contribution in [0, 0.1) is 0 Å². The Morgan fingerprint density at radius 3 is 2.85 bits per heavy atom. The maximum absolute atomic E-state index is 11.0. The van der Waals surface area contributed by atoms with E-state index in [1.165, 1.54) is 6.08 Å². The highest BCUT2D eigenvalue weighted by molar-refractivity contribution is 6.53. The Morgan fingerprint density at radius 2 is 2.30 bits per heavy atom. The van der Waals surface area contributed by atoms with Gasteiger partial charge in [0.25, 0.3) is 0 Å². The van der Waals surface area contributed by atoms with Crippen LogP contribution in [0.25, 0.3) is 0 Å². The number of hydrogen-bond acceptors (Lipinski definition) is 5. The van der Waals surface area contributed by atoms with E-state index in [1.54, 1.807) is 0 Å². The Kier molecular flexibility index (Phi) is 7.43. The lowest BCUT2D eigenvalue weighted by Crippen LogP contribution is -2.38. The molecule has 0 N–H and O–H groups in total. The molecule has 0 spiro atoms. The fraction of sp³-hybridized carbons (Fsp3) is 0.786. The summed E-state index contributed by atoms with van der Waals surface area (Å²) in [7, 11) is -1.52. The second-order valence-corrected chi connectivity index (χ2v) is 7.69. The van der Waals surface area contributed by atoms with E-state index in [0.717, 1.165) is 18.9 Å². The van der Waals surface area contributed by atoms with Crippen molar-refractivity contribution in [2.24, 2.45) is 0 Å². The first-order valence-electron chi connectivity index (χ1n) is 7.27. The molecule has 1 aliphatic rings. The largest absolute Gasteiger partial charge is 0.463 e. The second kappa shape index (κ2) is 8.56. The maximum atomic E-state index is 11.0. The van der Waals surface area contributed by atoms with Crippen molar-refractivity contribution in [1.82, 2.24) is 0 Å². The monoisotopic (exact) mass is 302 g/mol. The Bertz CT molecular complexity index is 323. The third-order valence-electron chi connectivity index (χ3n) is 3.44. The highest BCUT2D eigenvalue weighted by Gasteiger charge is 2.40. The van der Waals surface area contributed by atoms with Gasteiger partial charge >= 0.3 is 5.97 Å². The summed E-state index contributed by atoms with van der Waals surface area (Å²) in [4.78, 5) is 11.0. The first-order valence-corrected chi connectivity index (χ1v) is 9.22. The molecule has 20 heavy (non-hydrogen) atoms. The van der Waals surface area contributed by atoms with Crippen molar-refractivity contribution in [3.8, 4) is 0 Å². The lowest BCUT2D eigenvalue weighted by molar-refractivity contribution is -0.149. The Hall–Kier alpha value is -0.693. The molecule has 1 fully saturated rings. The van der Waals surface area contributed by atoms with Gasteiger partial charge in [0.15, 0.2) is 5.79 Å². The molecule has 0 aromatic carbocycles. The zero-order chi connectivity index (χ0) is 15.0. The minimum Gasteiger partial charge on any atom is -0.463 e. The lowest BCUT2D eigenvalue weighted by Gasteiger charge is -2.24. The van der Waals surface area contributed by atoms with Crippen LogP contribution in [0.2, 0.25) is 6.04 Å². The van der Waals surface area contributed by atoms with Gasteiger partial charge in [-0.2, -0.15) is 0 Å². The van der Waals surface area contributed by atoms with Crippen molar-refractivity contribution in [1.29, 1.82) is 0 Å². The topological polar surface area (TPSA) is 54.0 Å². The van der Waals surface area contributed by atoms with Crippen LogP contribution in [-0.4, -0.2) is 46.3 Å². The van der Waals surface area contributed by atoms with Crippen molar-refractivity contribution in [3.05, 3.63) is 12.7 Å². The molecular weight excluding hydrogens is 276 g/mol. The van der Waals surface area contributed by atoms with Crippen molar-refractivity contribution in [2.75, 3.05) is 19.8 Å². The molecule has 0 radical (unpaired) electrons. The minimum absolute atomic E-state index is 0.0787.